The first-order chi connectivity index (χ1) is 9.85. The van der Waals surface area contributed by atoms with Crippen molar-refractivity contribution >= 4 is 22.6 Å². The molecule has 2 rings (SSSR count). The predicted octanol–water partition coefficient (Wildman–Crippen LogP) is 3.78. The normalized spacial score (nSPS) is 11.1. The van der Waals surface area contributed by atoms with Gasteiger partial charge in [0.25, 0.3) is 5.56 Å². The Morgan fingerprint density at radius 1 is 1.19 bits per heavy atom. The van der Waals surface area contributed by atoms with Crippen LogP contribution in [0.2, 0.25) is 0 Å². The number of aromatic nitrogens is 2. The summed E-state index contributed by atoms with van der Waals surface area (Å²) >= 11 is 2.09. The van der Waals surface area contributed by atoms with Crippen molar-refractivity contribution < 1.29 is 0 Å². The van der Waals surface area contributed by atoms with Crippen molar-refractivity contribution in [3.8, 4) is 0 Å². The van der Waals surface area contributed by atoms with Gasteiger partial charge >= 0.3 is 0 Å². The van der Waals surface area contributed by atoms with E-state index in [1.54, 1.807) is 0 Å². The van der Waals surface area contributed by atoms with Crippen LogP contribution in [0.5, 0.6) is 0 Å². The maximum absolute atomic E-state index is 12.1. The van der Waals surface area contributed by atoms with E-state index in [9.17, 15) is 4.79 Å². The van der Waals surface area contributed by atoms with Crippen LogP contribution in [-0.2, 0) is 12.8 Å². The highest BCUT2D eigenvalue weighted by molar-refractivity contribution is 14.1. The van der Waals surface area contributed by atoms with Gasteiger partial charge in [0, 0.05) is 6.42 Å². The Bertz CT molecular complexity index is 684. The van der Waals surface area contributed by atoms with Crippen LogP contribution in [0, 0.1) is 23.3 Å². The van der Waals surface area contributed by atoms with Crippen LogP contribution in [0.1, 0.15) is 42.1 Å². The van der Waals surface area contributed by atoms with E-state index in [0.29, 0.717) is 15.9 Å². The fourth-order valence-corrected chi connectivity index (χ4v) is 3.00. The maximum atomic E-state index is 12.1. The Labute approximate surface area is 139 Å². The zero-order valence-electron chi connectivity index (χ0n) is 13.0. The van der Waals surface area contributed by atoms with E-state index in [4.69, 9.17) is 0 Å². The van der Waals surface area contributed by atoms with Gasteiger partial charge in [-0.3, -0.25) is 4.79 Å². The summed E-state index contributed by atoms with van der Waals surface area (Å²) in [5, 5.41) is 0. The molecule has 0 unspecified atom stereocenters. The zero-order valence-corrected chi connectivity index (χ0v) is 15.1. The molecule has 0 atom stereocenters. The van der Waals surface area contributed by atoms with E-state index >= 15 is 0 Å². The largest absolute Gasteiger partial charge is 0.309 e. The van der Waals surface area contributed by atoms with Crippen molar-refractivity contribution in [1.82, 2.24) is 9.97 Å². The third kappa shape index (κ3) is 4.40. The molecule has 0 radical (unpaired) electrons. The minimum Gasteiger partial charge on any atom is -0.309 e. The lowest BCUT2D eigenvalue weighted by Gasteiger charge is -2.09. The molecular formula is C17H21IN2O. The van der Waals surface area contributed by atoms with Crippen molar-refractivity contribution in [2.45, 2.75) is 40.5 Å². The predicted molar refractivity (Wildman–Crippen MR) is 94.8 cm³/mol. The number of benzene rings is 1. The first-order valence-electron chi connectivity index (χ1n) is 7.20. The van der Waals surface area contributed by atoms with Crippen molar-refractivity contribution in [1.29, 1.82) is 0 Å². The maximum Gasteiger partial charge on any atom is 0.264 e. The third-order valence-corrected chi connectivity index (χ3v) is 4.35. The topological polar surface area (TPSA) is 45.8 Å². The molecule has 0 fully saturated rings. The van der Waals surface area contributed by atoms with Gasteiger partial charge in [-0.2, -0.15) is 0 Å². The van der Waals surface area contributed by atoms with E-state index < -0.39 is 0 Å². The number of halogens is 1. The number of hydrogen-bond acceptors (Lipinski definition) is 2. The smallest absolute Gasteiger partial charge is 0.264 e. The Morgan fingerprint density at radius 2 is 1.81 bits per heavy atom. The Balaban J connectivity index is 2.36. The zero-order chi connectivity index (χ0) is 15.6. The van der Waals surface area contributed by atoms with Crippen LogP contribution in [0.3, 0.4) is 0 Å². The lowest BCUT2D eigenvalue weighted by Crippen LogP contribution is -2.19. The van der Waals surface area contributed by atoms with Crippen molar-refractivity contribution in [3.05, 3.63) is 60.3 Å². The first kappa shape index (κ1) is 16.2. The van der Waals surface area contributed by atoms with Gasteiger partial charge in [-0.15, -0.1) is 0 Å². The fraction of sp³-hybridized carbons (Fsp3) is 0.412. The SMILES string of the molecule is Cc1cc(C)cc(Cc2nc(CC(C)C)c(I)c(=O)[nH]2)c1. The van der Waals surface area contributed by atoms with Gasteiger partial charge < -0.3 is 4.98 Å². The second-order valence-electron chi connectivity index (χ2n) is 6.04. The summed E-state index contributed by atoms with van der Waals surface area (Å²) in [4.78, 5) is 19.6. The third-order valence-electron chi connectivity index (χ3n) is 3.24. The minimum atomic E-state index is -0.0272. The number of nitrogens with zero attached hydrogens (tertiary/aromatic N) is 1. The van der Waals surface area contributed by atoms with Crippen molar-refractivity contribution in [2.75, 3.05) is 0 Å². The lowest BCUT2D eigenvalue weighted by atomic mass is 10.0. The number of nitrogens with one attached hydrogen (secondary N) is 1. The van der Waals surface area contributed by atoms with Crippen LogP contribution < -0.4 is 5.56 Å². The molecule has 0 bridgehead atoms. The molecule has 1 heterocycles. The molecule has 4 heteroatoms. The van der Waals surface area contributed by atoms with E-state index in [0.717, 1.165) is 17.9 Å². The Hall–Kier alpha value is -1.17. The lowest BCUT2D eigenvalue weighted by molar-refractivity contribution is 0.626. The quantitative estimate of drug-likeness (QED) is 0.800. The summed E-state index contributed by atoms with van der Waals surface area (Å²) in [5.74, 6) is 1.24. The summed E-state index contributed by atoms with van der Waals surface area (Å²) in [5.41, 5.74) is 4.54. The molecule has 0 spiro atoms. The number of H-pyrrole nitrogens is 1. The summed E-state index contributed by atoms with van der Waals surface area (Å²) in [6, 6.07) is 6.44. The molecule has 0 aliphatic carbocycles. The van der Waals surface area contributed by atoms with Gasteiger partial charge in [0.15, 0.2) is 0 Å². The second kappa shape index (κ2) is 6.73. The highest BCUT2D eigenvalue weighted by atomic mass is 127. The highest BCUT2D eigenvalue weighted by Crippen LogP contribution is 2.14. The first-order valence-corrected chi connectivity index (χ1v) is 8.27. The summed E-state index contributed by atoms with van der Waals surface area (Å²) in [6.45, 7) is 8.46. The molecule has 3 nitrogen and oxygen atoms in total. The van der Waals surface area contributed by atoms with Gasteiger partial charge in [0.1, 0.15) is 5.82 Å². The molecule has 1 N–H and O–H groups in total. The Morgan fingerprint density at radius 3 is 2.38 bits per heavy atom. The molecule has 0 amide bonds. The molecule has 0 saturated carbocycles. The van der Waals surface area contributed by atoms with Gasteiger partial charge in [-0.1, -0.05) is 43.2 Å². The van der Waals surface area contributed by atoms with Crippen LogP contribution in [-0.4, -0.2) is 9.97 Å². The van der Waals surface area contributed by atoms with Crippen LogP contribution >= 0.6 is 22.6 Å². The summed E-state index contributed by atoms with van der Waals surface area (Å²) in [7, 11) is 0. The van der Waals surface area contributed by atoms with Gasteiger partial charge in [-0.05, 0) is 54.3 Å². The van der Waals surface area contributed by atoms with Crippen molar-refractivity contribution in [2.24, 2.45) is 5.92 Å². The molecule has 0 aliphatic rings. The van der Waals surface area contributed by atoms with E-state index in [1.165, 1.54) is 16.7 Å². The molecule has 21 heavy (non-hydrogen) atoms. The number of aryl methyl sites for hydroxylation is 2. The molecule has 1 aromatic heterocycles. The minimum absolute atomic E-state index is 0.0272. The fourth-order valence-electron chi connectivity index (χ4n) is 2.53. The van der Waals surface area contributed by atoms with Crippen molar-refractivity contribution in [3.63, 3.8) is 0 Å². The van der Waals surface area contributed by atoms with E-state index in [1.807, 2.05) is 0 Å². The molecular weight excluding hydrogens is 375 g/mol. The van der Waals surface area contributed by atoms with Crippen LogP contribution in [0.25, 0.3) is 0 Å². The molecule has 112 valence electrons. The number of aromatic amines is 1. The number of rotatable bonds is 4. The van der Waals surface area contributed by atoms with Gasteiger partial charge in [-0.25, -0.2) is 4.98 Å². The van der Waals surface area contributed by atoms with E-state index in [2.05, 4.69) is 78.5 Å². The van der Waals surface area contributed by atoms with E-state index in [-0.39, 0.29) is 5.56 Å². The molecule has 2 aromatic rings. The summed E-state index contributed by atoms with van der Waals surface area (Å²) < 4.78 is 0.713. The number of hydrogen-bond donors (Lipinski definition) is 1. The molecule has 1 aromatic carbocycles. The standard InChI is InChI=1S/C17H21IN2O/c1-10(2)5-14-16(18)17(21)20-15(19-14)9-13-7-11(3)6-12(4)8-13/h6-8,10H,5,9H2,1-4H3,(H,19,20,21). The molecule has 0 saturated heterocycles. The molecule has 0 aliphatic heterocycles. The Kier molecular flexibility index (Phi) is 5.19. The summed E-state index contributed by atoms with van der Waals surface area (Å²) in [6.07, 6.45) is 1.50. The highest BCUT2D eigenvalue weighted by Gasteiger charge is 2.11. The van der Waals surface area contributed by atoms with Crippen LogP contribution in [0.4, 0.5) is 0 Å². The van der Waals surface area contributed by atoms with Gasteiger partial charge in [0.05, 0.1) is 9.26 Å². The van der Waals surface area contributed by atoms with Gasteiger partial charge in [0.2, 0.25) is 0 Å². The average molecular weight is 396 g/mol. The monoisotopic (exact) mass is 396 g/mol. The average Bonchev–Trinajstić information content (AvgIpc) is 2.33. The van der Waals surface area contributed by atoms with Crippen LogP contribution in [0.15, 0.2) is 23.0 Å². The second-order valence-corrected chi connectivity index (χ2v) is 7.12.